The molecule has 4 heteroatoms. The van der Waals surface area contributed by atoms with E-state index in [1.807, 2.05) is 19.9 Å². The summed E-state index contributed by atoms with van der Waals surface area (Å²) >= 11 is 0. The molecule has 0 aliphatic carbocycles. The highest BCUT2D eigenvalue weighted by atomic mass is 16.2. The predicted molar refractivity (Wildman–Crippen MR) is 100 cm³/mol. The largest absolute Gasteiger partial charge is 0.340 e. The maximum atomic E-state index is 12.7. The Kier molecular flexibility index (Phi) is 6.36. The fourth-order valence-corrected chi connectivity index (χ4v) is 2.42. The van der Waals surface area contributed by atoms with Crippen molar-refractivity contribution < 1.29 is 9.59 Å². The van der Waals surface area contributed by atoms with Crippen molar-refractivity contribution in [2.24, 2.45) is 5.92 Å². The molecular formula is C21H22N2O2. The van der Waals surface area contributed by atoms with Gasteiger partial charge < -0.3 is 10.6 Å². The van der Waals surface area contributed by atoms with Crippen molar-refractivity contribution in [3.8, 4) is 12.3 Å². The number of carbonyl (C=O) groups excluding carboxylic acids is 2. The van der Waals surface area contributed by atoms with Crippen LogP contribution in [0.1, 0.15) is 36.2 Å². The molecule has 25 heavy (non-hydrogen) atoms. The smallest absolute Gasteiger partial charge is 0.251 e. The van der Waals surface area contributed by atoms with Gasteiger partial charge in [-0.3, -0.25) is 9.59 Å². The van der Waals surface area contributed by atoms with Crippen molar-refractivity contribution in [2.75, 3.05) is 5.32 Å². The molecule has 2 aromatic carbocycles. The Balaban J connectivity index is 2.14. The second kappa shape index (κ2) is 8.70. The number of hydrogen-bond acceptors (Lipinski definition) is 2. The van der Waals surface area contributed by atoms with Gasteiger partial charge in [0.25, 0.3) is 5.91 Å². The van der Waals surface area contributed by atoms with Gasteiger partial charge in [-0.2, -0.15) is 0 Å². The van der Waals surface area contributed by atoms with Gasteiger partial charge in [0.15, 0.2) is 0 Å². The number of hydrogen-bond donors (Lipinski definition) is 2. The molecule has 0 aromatic heterocycles. The van der Waals surface area contributed by atoms with Crippen LogP contribution in [-0.4, -0.2) is 17.9 Å². The zero-order valence-electron chi connectivity index (χ0n) is 14.5. The quantitative estimate of drug-likeness (QED) is 0.795. The fraction of sp³-hybridized carbons (Fsp3) is 0.238. The maximum absolute atomic E-state index is 12.7. The van der Waals surface area contributed by atoms with Crippen LogP contribution in [-0.2, 0) is 4.79 Å². The Morgan fingerprint density at radius 3 is 2.48 bits per heavy atom. The Morgan fingerprint density at radius 2 is 1.84 bits per heavy atom. The summed E-state index contributed by atoms with van der Waals surface area (Å²) in [5.41, 5.74) is 1.83. The van der Waals surface area contributed by atoms with Crippen LogP contribution in [0.4, 0.5) is 5.69 Å². The van der Waals surface area contributed by atoms with Crippen molar-refractivity contribution in [1.82, 2.24) is 5.32 Å². The van der Waals surface area contributed by atoms with Crippen LogP contribution in [0.25, 0.3) is 0 Å². The standard InChI is InChI=1S/C21H22N2O2/c1-4-15(3)19(23-20(24)17-11-7-6-8-12-17)21(25)22-18-13-9-10-16(5-2)14-18/h2,6-15,19H,4H2,1,3H3,(H,22,25)(H,23,24). The van der Waals surface area contributed by atoms with E-state index in [2.05, 4.69) is 16.6 Å². The predicted octanol–water partition coefficient (Wildman–Crippen LogP) is 3.45. The Hall–Kier alpha value is -3.06. The van der Waals surface area contributed by atoms with Crippen LogP contribution in [0.5, 0.6) is 0 Å². The van der Waals surface area contributed by atoms with Crippen LogP contribution in [0.3, 0.4) is 0 Å². The van der Waals surface area contributed by atoms with E-state index in [1.165, 1.54) is 0 Å². The van der Waals surface area contributed by atoms with Crippen molar-refractivity contribution in [3.05, 3.63) is 65.7 Å². The molecule has 0 fully saturated rings. The summed E-state index contributed by atoms with van der Waals surface area (Å²) in [4.78, 5) is 25.1. The number of anilines is 1. The third kappa shape index (κ3) is 4.95. The molecule has 0 radical (unpaired) electrons. The molecule has 0 aliphatic heterocycles. The first-order valence-corrected chi connectivity index (χ1v) is 8.28. The van der Waals surface area contributed by atoms with E-state index in [1.54, 1.807) is 48.5 Å². The highest BCUT2D eigenvalue weighted by molar-refractivity contribution is 6.01. The van der Waals surface area contributed by atoms with E-state index < -0.39 is 6.04 Å². The third-order valence-electron chi connectivity index (χ3n) is 4.11. The molecule has 2 unspecified atom stereocenters. The lowest BCUT2D eigenvalue weighted by Gasteiger charge is -2.23. The molecule has 2 amide bonds. The Labute approximate surface area is 148 Å². The van der Waals surface area contributed by atoms with Crippen LogP contribution >= 0.6 is 0 Å². The van der Waals surface area contributed by atoms with Gasteiger partial charge in [-0.05, 0) is 36.2 Å². The van der Waals surface area contributed by atoms with Gasteiger partial charge >= 0.3 is 0 Å². The third-order valence-corrected chi connectivity index (χ3v) is 4.11. The molecule has 0 saturated heterocycles. The van der Waals surface area contributed by atoms with Crippen molar-refractivity contribution in [1.29, 1.82) is 0 Å². The van der Waals surface area contributed by atoms with E-state index in [-0.39, 0.29) is 17.7 Å². The summed E-state index contributed by atoms with van der Waals surface area (Å²) < 4.78 is 0. The van der Waals surface area contributed by atoms with Gasteiger partial charge in [-0.1, -0.05) is 50.5 Å². The van der Waals surface area contributed by atoms with E-state index in [4.69, 9.17) is 6.42 Å². The molecule has 2 atom stereocenters. The highest BCUT2D eigenvalue weighted by Gasteiger charge is 2.26. The van der Waals surface area contributed by atoms with E-state index in [9.17, 15) is 9.59 Å². The van der Waals surface area contributed by atoms with Gasteiger partial charge in [0, 0.05) is 16.8 Å². The van der Waals surface area contributed by atoms with E-state index in [0.29, 0.717) is 16.8 Å². The van der Waals surface area contributed by atoms with Crippen molar-refractivity contribution >= 4 is 17.5 Å². The zero-order valence-corrected chi connectivity index (χ0v) is 14.5. The zero-order chi connectivity index (χ0) is 18.2. The minimum atomic E-state index is -0.632. The SMILES string of the molecule is C#Cc1cccc(NC(=O)C(NC(=O)c2ccccc2)C(C)CC)c1. The number of nitrogens with one attached hydrogen (secondary N) is 2. The summed E-state index contributed by atoms with van der Waals surface area (Å²) in [6, 6.07) is 15.3. The molecule has 128 valence electrons. The van der Waals surface area contributed by atoms with Crippen LogP contribution in [0.2, 0.25) is 0 Å². The summed E-state index contributed by atoms with van der Waals surface area (Å²) in [6.07, 6.45) is 6.15. The molecule has 0 spiro atoms. The highest BCUT2D eigenvalue weighted by Crippen LogP contribution is 2.14. The van der Waals surface area contributed by atoms with Crippen LogP contribution in [0, 0.1) is 18.3 Å². The molecular weight excluding hydrogens is 312 g/mol. The average molecular weight is 334 g/mol. The number of benzene rings is 2. The molecule has 0 aliphatic rings. The van der Waals surface area contributed by atoms with Crippen molar-refractivity contribution in [2.45, 2.75) is 26.3 Å². The van der Waals surface area contributed by atoms with E-state index in [0.717, 1.165) is 6.42 Å². The first-order valence-electron chi connectivity index (χ1n) is 8.28. The molecule has 2 rings (SSSR count). The number of rotatable bonds is 6. The minimum Gasteiger partial charge on any atom is -0.340 e. The summed E-state index contributed by atoms with van der Waals surface area (Å²) in [5.74, 6) is 2.00. The Bertz CT molecular complexity index is 778. The molecule has 0 bridgehead atoms. The fourth-order valence-electron chi connectivity index (χ4n) is 2.42. The number of carbonyl (C=O) groups is 2. The second-order valence-corrected chi connectivity index (χ2v) is 5.92. The lowest BCUT2D eigenvalue weighted by atomic mass is 9.97. The summed E-state index contributed by atoms with van der Waals surface area (Å²) in [7, 11) is 0. The summed E-state index contributed by atoms with van der Waals surface area (Å²) in [5, 5.41) is 5.68. The summed E-state index contributed by atoms with van der Waals surface area (Å²) in [6.45, 7) is 3.92. The van der Waals surface area contributed by atoms with E-state index >= 15 is 0 Å². The van der Waals surface area contributed by atoms with Gasteiger partial charge in [0.2, 0.25) is 5.91 Å². The van der Waals surface area contributed by atoms with Crippen LogP contribution in [0.15, 0.2) is 54.6 Å². The topological polar surface area (TPSA) is 58.2 Å². The molecule has 0 saturated carbocycles. The second-order valence-electron chi connectivity index (χ2n) is 5.92. The van der Waals surface area contributed by atoms with Crippen molar-refractivity contribution in [3.63, 3.8) is 0 Å². The molecule has 2 aromatic rings. The van der Waals surface area contributed by atoms with Gasteiger partial charge in [0.05, 0.1) is 0 Å². The lowest BCUT2D eigenvalue weighted by Crippen LogP contribution is -2.47. The normalized spacial score (nSPS) is 12.5. The molecule has 2 N–H and O–H groups in total. The Morgan fingerprint density at radius 1 is 1.12 bits per heavy atom. The number of amides is 2. The monoisotopic (exact) mass is 334 g/mol. The minimum absolute atomic E-state index is 0.0107. The molecule has 0 heterocycles. The first kappa shape index (κ1) is 18.3. The van der Waals surface area contributed by atoms with Gasteiger partial charge in [-0.25, -0.2) is 0 Å². The molecule has 4 nitrogen and oxygen atoms in total. The maximum Gasteiger partial charge on any atom is 0.251 e. The van der Waals surface area contributed by atoms with Crippen LogP contribution < -0.4 is 10.6 Å². The number of terminal acetylenes is 1. The van der Waals surface area contributed by atoms with Gasteiger partial charge in [0.1, 0.15) is 6.04 Å². The first-order chi connectivity index (χ1) is 12.0. The lowest BCUT2D eigenvalue weighted by molar-refractivity contribution is -0.119. The van der Waals surface area contributed by atoms with Gasteiger partial charge in [-0.15, -0.1) is 6.42 Å². The average Bonchev–Trinajstić information content (AvgIpc) is 2.66.